The van der Waals surface area contributed by atoms with Gasteiger partial charge in [-0.05, 0) is 67.6 Å². The van der Waals surface area contributed by atoms with E-state index in [2.05, 4.69) is 16.4 Å². The Morgan fingerprint density at radius 2 is 1.77 bits per heavy atom. The molecule has 2 amide bonds. The predicted octanol–water partition coefficient (Wildman–Crippen LogP) is 2.97. The number of pyridine rings is 1. The number of carbonyl (C=O) groups excluding carboxylic acids is 2. The van der Waals surface area contributed by atoms with Gasteiger partial charge in [-0.3, -0.25) is 14.6 Å². The zero-order valence-electron chi connectivity index (χ0n) is 15.5. The average molecular weight is 351 g/mol. The van der Waals surface area contributed by atoms with Crippen LogP contribution in [0.1, 0.15) is 23.1 Å². The Labute approximate surface area is 154 Å². The molecule has 136 valence electrons. The van der Waals surface area contributed by atoms with Gasteiger partial charge < -0.3 is 10.2 Å². The first-order valence-electron chi connectivity index (χ1n) is 8.97. The van der Waals surface area contributed by atoms with E-state index in [1.54, 1.807) is 24.3 Å². The number of aromatic nitrogens is 1. The summed E-state index contributed by atoms with van der Waals surface area (Å²) in [5.74, 6) is -0.412. The highest BCUT2D eigenvalue weighted by molar-refractivity contribution is 5.99. The molecule has 0 radical (unpaired) electrons. The van der Waals surface area contributed by atoms with Crippen LogP contribution in [-0.2, 0) is 16.0 Å². The number of amides is 2. The molecule has 1 aromatic carbocycles. The highest BCUT2D eigenvalue weighted by atomic mass is 16.2. The molecule has 5 heteroatoms. The molecule has 0 aliphatic heterocycles. The van der Waals surface area contributed by atoms with Crippen LogP contribution >= 0.6 is 0 Å². The SMILES string of the molecule is Cc1cc(C)cc(NC(=O)C2CC2C(=O)N(C)CCc2ccncc2)c1. The summed E-state index contributed by atoms with van der Waals surface area (Å²) in [6.07, 6.45) is 4.93. The maximum atomic E-state index is 12.5. The van der Waals surface area contributed by atoms with Crippen LogP contribution in [0.3, 0.4) is 0 Å². The first-order chi connectivity index (χ1) is 12.4. The monoisotopic (exact) mass is 351 g/mol. The molecule has 1 aliphatic carbocycles. The lowest BCUT2D eigenvalue weighted by Crippen LogP contribution is -2.31. The molecule has 1 aromatic heterocycles. The van der Waals surface area contributed by atoms with Crippen LogP contribution in [0, 0.1) is 25.7 Å². The number of hydrogen-bond acceptors (Lipinski definition) is 3. The van der Waals surface area contributed by atoms with Crippen LogP contribution in [0.5, 0.6) is 0 Å². The number of anilines is 1. The third-order valence-electron chi connectivity index (χ3n) is 4.80. The van der Waals surface area contributed by atoms with Crippen LogP contribution in [0.4, 0.5) is 5.69 Å². The Bertz CT molecular complexity index is 784. The zero-order valence-corrected chi connectivity index (χ0v) is 15.5. The van der Waals surface area contributed by atoms with Crippen molar-refractivity contribution >= 4 is 17.5 Å². The number of aryl methyl sites for hydroxylation is 2. The smallest absolute Gasteiger partial charge is 0.228 e. The highest BCUT2D eigenvalue weighted by Crippen LogP contribution is 2.40. The molecule has 26 heavy (non-hydrogen) atoms. The molecule has 1 aliphatic rings. The second-order valence-electron chi connectivity index (χ2n) is 7.18. The van der Waals surface area contributed by atoms with Crippen LogP contribution in [0.15, 0.2) is 42.7 Å². The van der Waals surface area contributed by atoms with E-state index in [0.29, 0.717) is 13.0 Å². The van der Waals surface area contributed by atoms with E-state index < -0.39 is 0 Å². The van der Waals surface area contributed by atoms with Gasteiger partial charge in [0.1, 0.15) is 0 Å². The highest BCUT2D eigenvalue weighted by Gasteiger charge is 2.49. The maximum Gasteiger partial charge on any atom is 0.228 e. The molecule has 3 rings (SSSR count). The summed E-state index contributed by atoms with van der Waals surface area (Å²) < 4.78 is 0. The molecule has 1 heterocycles. The van der Waals surface area contributed by atoms with Crippen molar-refractivity contribution in [2.45, 2.75) is 26.7 Å². The molecule has 0 spiro atoms. The summed E-state index contributed by atoms with van der Waals surface area (Å²) >= 11 is 0. The lowest BCUT2D eigenvalue weighted by atomic mass is 10.1. The fraction of sp³-hybridized carbons (Fsp3) is 0.381. The van der Waals surface area contributed by atoms with Crippen LogP contribution in [0.25, 0.3) is 0 Å². The summed E-state index contributed by atoms with van der Waals surface area (Å²) in [6.45, 7) is 4.65. The normalized spacial score (nSPS) is 18.3. The van der Waals surface area contributed by atoms with Gasteiger partial charge in [-0.15, -0.1) is 0 Å². The number of likely N-dealkylation sites (N-methyl/N-ethyl adjacent to an activating group) is 1. The van der Waals surface area contributed by atoms with Gasteiger partial charge in [0, 0.05) is 31.7 Å². The van der Waals surface area contributed by atoms with Gasteiger partial charge in [0.25, 0.3) is 0 Å². The minimum atomic E-state index is -0.216. The summed E-state index contributed by atoms with van der Waals surface area (Å²) in [4.78, 5) is 30.7. The number of benzene rings is 1. The van der Waals surface area contributed by atoms with E-state index in [4.69, 9.17) is 0 Å². The number of rotatable bonds is 6. The lowest BCUT2D eigenvalue weighted by Gasteiger charge is -2.17. The number of nitrogens with zero attached hydrogens (tertiary/aromatic N) is 2. The molecule has 2 unspecified atom stereocenters. The topological polar surface area (TPSA) is 62.3 Å². The summed E-state index contributed by atoms with van der Waals surface area (Å²) in [7, 11) is 1.81. The van der Waals surface area contributed by atoms with E-state index in [0.717, 1.165) is 28.8 Å². The molecule has 1 fully saturated rings. The molecular formula is C21H25N3O2. The summed E-state index contributed by atoms with van der Waals surface area (Å²) in [6, 6.07) is 9.87. The zero-order chi connectivity index (χ0) is 18.7. The van der Waals surface area contributed by atoms with Crippen LogP contribution in [0.2, 0.25) is 0 Å². The molecule has 2 atom stereocenters. The molecule has 0 bridgehead atoms. The quantitative estimate of drug-likeness (QED) is 0.870. The first kappa shape index (κ1) is 18.1. The van der Waals surface area contributed by atoms with Crippen molar-refractivity contribution in [1.82, 2.24) is 9.88 Å². The molecule has 0 saturated heterocycles. The first-order valence-corrected chi connectivity index (χ1v) is 8.97. The predicted molar refractivity (Wildman–Crippen MR) is 102 cm³/mol. The fourth-order valence-electron chi connectivity index (χ4n) is 3.28. The van der Waals surface area contributed by atoms with Crippen molar-refractivity contribution in [3.05, 3.63) is 59.4 Å². The van der Waals surface area contributed by atoms with Crippen molar-refractivity contribution < 1.29 is 9.59 Å². The second-order valence-corrected chi connectivity index (χ2v) is 7.18. The van der Waals surface area contributed by atoms with Gasteiger partial charge in [-0.1, -0.05) is 6.07 Å². The minimum Gasteiger partial charge on any atom is -0.345 e. The molecule has 1 N–H and O–H groups in total. The van der Waals surface area contributed by atoms with E-state index in [-0.39, 0.29) is 23.7 Å². The number of nitrogens with one attached hydrogen (secondary N) is 1. The van der Waals surface area contributed by atoms with E-state index in [1.807, 2.05) is 38.1 Å². The third kappa shape index (κ3) is 4.48. The van der Waals surface area contributed by atoms with Gasteiger partial charge in [0.15, 0.2) is 0 Å². The molecule has 5 nitrogen and oxygen atoms in total. The number of carbonyl (C=O) groups is 2. The standard InChI is InChI=1S/C21H25N3O2/c1-14-10-15(2)12-17(11-14)23-20(25)18-13-19(18)21(26)24(3)9-6-16-4-7-22-8-5-16/h4-5,7-8,10-12,18-19H,6,9,13H2,1-3H3,(H,23,25). The fourth-order valence-corrected chi connectivity index (χ4v) is 3.28. The van der Waals surface area contributed by atoms with E-state index in [1.165, 1.54) is 0 Å². The Morgan fingerprint density at radius 1 is 1.12 bits per heavy atom. The van der Waals surface area contributed by atoms with Crippen molar-refractivity contribution in [2.24, 2.45) is 11.8 Å². The molecular weight excluding hydrogens is 326 g/mol. The van der Waals surface area contributed by atoms with Crippen molar-refractivity contribution in [2.75, 3.05) is 18.9 Å². The van der Waals surface area contributed by atoms with Crippen molar-refractivity contribution in [3.63, 3.8) is 0 Å². The third-order valence-corrected chi connectivity index (χ3v) is 4.80. The number of hydrogen-bond donors (Lipinski definition) is 1. The van der Waals surface area contributed by atoms with Gasteiger partial charge in [-0.25, -0.2) is 0 Å². The van der Waals surface area contributed by atoms with E-state index in [9.17, 15) is 9.59 Å². The maximum absolute atomic E-state index is 12.5. The van der Waals surface area contributed by atoms with Crippen LogP contribution in [-0.4, -0.2) is 35.3 Å². The average Bonchev–Trinajstić information content (AvgIpc) is 3.40. The van der Waals surface area contributed by atoms with Gasteiger partial charge >= 0.3 is 0 Å². The molecule has 2 aromatic rings. The molecule has 1 saturated carbocycles. The van der Waals surface area contributed by atoms with Gasteiger partial charge in [-0.2, -0.15) is 0 Å². The summed E-state index contributed by atoms with van der Waals surface area (Å²) in [5, 5.41) is 2.95. The Balaban J connectivity index is 1.50. The largest absolute Gasteiger partial charge is 0.345 e. The van der Waals surface area contributed by atoms with Crippen molar-refractivity contribution in [3.8, 4) is 0 Å². The Morgan fingerprint density at radius 3 is 2.42 bits per heavy atom. The van der Waals surface area contributed by atoms with Gasteiger partial charge in [0.2, 0.25) is 11.8 Å². The van der Waals surface area contributed by atoms with Crippen molar-refractivity contribution in [1.29, 1.82) is 0 Å². The second kappa shape index (κ2) is 7.68. The van der Waals surface area contributed by atoms with Crippen LogP contribution < -0.4 is 5.32 Å². The van der Waals surface area contributed by atoms with E-state index >= 15 is 0 Å². The lowest BCUT2D eigenvalue weighted by molar-refractivity contribution is -0.132. The van der Waals surface area contributed by atoms with Gasteiger partial charge in [0.05, 0.1) is 11.8 Å². The Kier molecular flexibility index (Phi) is 5.35. The minimum absolute atomic E-state index is 0.0552. The summed E-state index contributed by atoms with van der Waals surface area (Å²) in [5.41, 5.74) is 4.18. The Hall–Kier alpha value is -2.69.